The topological polar surface area (TPSA) is 130 Å². The van der Waals surface area contributed by atoms with Crippen LogP contribution in [-0.4, -0.2) is 47.4 Å². The van der Waals surface area contributed by atoms with Gasteiger partial charge < -0.3 is 15.2 Å². The number of alkyl carbamates (subject to hydrolysis) is 1. The van der Waals surface area contributed by atoms with Gasteiger partial charge in [0.1, 0.15) is 17.9 Å². The van der Waals surface area contributed by atoms with E-state index < -0.39 is 44.8 Å². The summed E-state index contributed by atoms with van der Waals surface area (Å²) in [5, 5.41) is 10.9. The molecule has 2 aromatic rings. The van der Waals surface area contributed by atoms with Gasteiger partial charge in [0.2, 0.25) is 15.9 Å². The van der Waals surface area contributed by atoms with Crippen LogP contribution in [0.15, 0.2) is 48.5 Å². The molecule has 0 radical (unpaired) electrons. The fourth-order valence-electron chi connectivity index (χ4n) is 4.21. The van der Waals surface area contributed by atoms with Crippen LogP contribution in [0, 0.1) is 6.92 Å². The number of amides is 2. The Kier molecular flexibility index (Phi) is 7.54. The van der Waals surface area contributed by atoms with Gasteiger partial charge in [-0.3, -0.25) is 4.79 Å². The number of aryl methyl sites for hydroxylation is 1. The van der Waals surface area contributed by atoms with Crippen molar-refractivity contribution >= 4 is 28.0 Å². The number of aliphatic carboxylic acids is 1. The molecule has 1 unspecified atom stereocenters. The molecular formula is C25H30N2O7S. The molecule has 2 N–H and O–H groups in total. The lowest BCUT2D eigenvalue weighted by Crippen LogP contribution is -2.45. The highest BCUT2D eigenvalue weighted by Gasteiger charge is 2.50. The fourth-order valence-corrected chi connectivity index (χ4v) is 6.53. The van der Waals surface area contributed by atoms with Crippen molar-refractivity contribution in [3.63, 3.8) is 0 Å². The first-order valence-corrected chi connectivity index (χ1v) is 12.7. The van der Waals surface area contributed by atoms with Gasteiger partial charge in [0.25, 0.3) is 0 Å². The molecule has 9 nitrogen and oxygen atoms in total. The third-order valence-electron chi connectivity index (χ3n) is 5.73. The molecule has 0 spiro atoms. The molecule has 3 rings (SSSR count). The second-order valence-corrected chi connectivity index (χ2v) is 11.5. The Balaban J connectivity index is 1.72. The number of nitrogens with one attached hydrogen (secondary N) is 1. The number of carboxylic acid groups (broad SMARTS) is 1. The summed E-state index contributed by atoms with van der Waals surface area (Å²) in [5.41, 5.74) is 1.61. The highest BCUT2D eigenvalue weighted by Crippen LogP contribution is 2.41. The molecule has 1 heterocycles. The predicted molar refractivity (Wildman–Crippen MR) is 129 cm³/mol. The van der Waals surface area contributed by atoms with E-state index in [0.717, 1.165) is 9.87 Å². The van der Waals surface area contributed by atoms with Gasteiger partial charge >= 0.3 is 12.1 Å². The summed E-state index contributed by atoms with van der Waals surface area (Å²) in [6.45, 7) is 6.74. The standard InChI is InChI=1S/C25H30N2O7S/c1-16-12-18(10-11-19(16)21-14-22(28)27(25(2,3)4)35(21,32)33)13-20(23(29)30)26-24(31)34-15-17-8-6-5-7-9-17/h5-12,20-21H,13-15H2,1-4H3,(H,26,31)(H,29,30)/t20-,21?/m0/s1. The van der Waals surface area contributed by atoms with Crippen LogP contribution in [0.4, 0.5) is 4.79 Å². The van der Waals surface area contributed by atoms with E-state index >= 15 is 0 Å². The van der Waals surface area contributed by atoms with Gasteiger partial charge in [-0.1, -0.05) is 48.5 Å². The van der Waals surface area contributed by atoms with Gasteiger partial charge in [-0.2, -0.15) is 0 Å². The summed E-state index contributed by atoms with van der Waals surface area (Å²) in [4.78, 5) is 36.4. The van der Waals surface area contributed by atoms with E-state index in [-0.39, 0.29) is 19.4 Å². The number of sulfonamides is 1. The van der Waals surface area contributed by atoms with Gasteiger partial charge in [0.15, 0.2) is 0 Å². The number of rotatable bonds is 7. The van der Waals surface area contributed by atoms with Crippen LogP contribution in [0.25, 0.3) is 0 Å². The van der Waals surface area contributed by atoms with E-state index in [1.807, 2.05) is 6.07 Å². The lowest BCUT2D eigenvalue weighted by atomic mass is 9.97. The maximum Gasteiger partial charge on any atom is 0.408 e. The third kappa shape index (κ3) is 6.00. The Hall–Kier alpha value is -3.40. The van der Waals surface area contributed by atoms with Crippen molar-refractivity contribution in [3.05, 3.63) is 70.8 Å². The zero-order valence-electron chi connectivity index (χ0n) is 20.1. The summed E-state index contributed by atoms with van der Waals surface area (Å²) in [6.07, 6.45) is -1.03. The lowest BCUT2D eigenvalue weighted by Gasteiger charge is -2.31. The highest BCUT2D eigenvalue weighted by molar-refractivity contribution is 7.90. The van der Waals surface area contributed by atoms with Crippen molar-refractivity contribution < 1.29 is 32.6 Å². The molecule has 1 aliphatic heterocycles. The third-order valence-corrected chi connectivity index (χ3v) is 8.13. The number of benzene rings is 2. The maximum atomic E-state index is 13.1. The minimum absolute atomic E-state index is 0.00693. The van der Waals surface area contributed by atoms with Crippen LogP contribution < -0.4 is 5.32 Å². The summed E-state index contributed by atoms with van der Waals surface area (Å²) in [7, 11) is -3.89. The predicted octanol–water partition coefficient (Wildman–Crippen LogP) is 3.32. The molecule has 35 heavy (non-hydrogen) atoms. The Morgan fingerprint density at radius 1 is 1.14 bits per heavy atom. The molecule has 0 aliphatic carbocycles. The number of ether oxygens (including phenoxy) is 1. The van der Waals surface area contributed by atoms with Crippen LogP contribution in [0.1, 0.15) is 54.7 Å². The van der Waals surface area contributed by atoms with Crippen LogP contribution in [0.5, 0.6) is 0 Å². The Morgan fingerprint density at radius 3 is 2.34 bits per heavy atom. The molecule has 1 aliphatic rings. The van der Waals surface area contributed by atoms with Gasteiger partial charge in [-0.25, -0.2) is 22.3 Å². The SMILES string of the molecule is Cc1cc(C[C@H](NC(=O)OCc2ccccc2)C(=O)O)ccc1C1CC(=O)N(C(C)(C)C)S1(=O)=O. The van der Waals surface area contributed by atoms with Gasteiger partial charge in [-0.05, 0) is 49.9 Å². The highest BCUT2D eigenvalue weighted by atomic mass is 32.2. The first-order chi connectivity index (χ1) is 16.3. The second-order valence-electron chi connectivity index (χ2n) is 9.56. The van der Waals surface area contributed by atoms with Crippen LogP contribution >= 0.6 is 0 Å². The Bertz CT molecular complexity index is 1220. The summed E-state index contributed by atoms with van der Waals surface area (Å²) >= 11 is 0. The monoisotopic (exact) mass is 502 g/mol. The zero-order valence-corrected chi connectivity index (χ0v) is 21.0. The quantitative estimate of drug-likeness (QED) is 0.594. The van der Waals surface area contributed by atoms with Crippen molar-refractivity contribution in [1.82, 2.24) is 9.62 Å². The average molecular weight is 503 g/mol. The van der Waals surface area contributed by atoms with Crippen molar-refractivity contribution in [2.45, 2.75) is 64.0 Å². The first-order valence-electron chi connectivity index (χ1n) is 11.2. The number of hydrogen-bond acceptors (Lipinski definition) is 6. The largest absolute Gasteiger partial charge is 0.480 e. The number of hydrogen-bond donors (Lipinski definition) is 2. The second kappa shape index (κ2) is 10.1. The van der Waals surface area contributed by atoms with E-state index in [0.29, 0.717) is 16.7 Å². The molecule has 0 aromatic heterocycles. The molecule has 1 saturated heterocycles. The van der Waals surface area contributed by atoms with E-state index in [9.17, 15) is 27.9 Å². The molecule has 0 bridgehead atoms. The zero-order chi connectivity index (χ0) is 26.0. The molecule has 0 saturated carbocycles. The molecule has 2 atom stereocenters. The van der Waals surface area contributed by atoms with Crippen LogP contribution in [0.2, 0.25) is 0 Å². The summed E-state index contributed by atoms with van der Waals surface area (Å²) in [5.74, 6) is -1.68. The number of nitrogens with zero attached hydrogens (tertiary/aromatic N) is 1. The number of carbonyl (C=O) groups excluding carboxylic acids is 2. The van der Waals surface area contributed by atoms with Crippen molar-refractivity contribution in [3.8, 4) is 0 Å². The minimum Gasteiger partial charge on any atom is -0.480 e. The van der Waals surface area contributed by atoms with Crippen LogP contribution in [0.3, 0.4) is 0 Å². The van der Waals surface area contributed by atoms with E-state index in [1.54, 1.807) is 70.2 Å². The van der Waals surface area contributed by atoms with Gasteiger partial charge in [0.05, 0.1) is 12.0 Å². The van der Waals surface area contributed by atoms with Crippen molar-refractivity contribution in [2.24, 2.45) is 0 Å². The summed E-state index contributed by atoms with van der Waals surface area (Å²) < 4.78 is 32.3. The average Bonchev–Trinajstić information content (AvgIpc) is 3.00. The normalized spacial score (nSPS) is 18.2. The molecule has 1 fully saturated rings. The van der Waals surface area contributed by atoms with Crippen molar-refractivity contribution in [2.75, 3.05) is 0 Å². The molecule has 2 amide bonds. The lowest BCUT2D eigenvalue weighted by molar-refractivity contribution is -0.139. The molecule has 2 aromatic carbocycles. The molecular weight excluding hydrogens is 472 g/mol. The first kappa shape index (κ1) is 26.2. The van der Waals surface area contributed by atoms with E-state index in [1.165, 1.54) is 0 Å². The maximum absolute atomic E-state index is 13.1. The fraction of sp³-hybridized carbons (Fsp3) is 0.400. The Morgan fingerprint density at radius 2 is 1.80 bits per heavy atom. The van der Waals surface area contributed by atoms with Crippen molar-refractivity contribution in [1.29, 1.82) is 0 Å². The van der Waals surface area contributed by atoms with E-state index in [4.69, 9.17) is 4.74 Å². The van der Waals surface area contributed by atoms with E-state index in [2.05, 4.69) is 5.32 Å². The molecule has 10 heteroatoms. The minimum atomic E-state index is -3.89. The Labute approximate surface area is 205 Å². The van der Waals surface area contributed by atoms with Gasteiger partial charge in [0, 0.05) is 6.42 Å². The van der Waals surface area contributed by atoms with Gasteiger partial charge in [-0.15, -0.1) is 0 Å². The smallest absolute Gasteiger partial charge is 0.408 e. The number of carboxylic acids is 1. The van der Waals surface area contributed by atoms with Crippen LogP contribution in [-0.2, 0) is 37.4 Å². The summed E-state index contributed by atoms with van der Waals surface area (Å²) in [6, 6.07) is 12.7. The molecule has 188 valence electrons. The number of carbonyl (C=O) groups is 3.